The molecule has 0 saturated heterocycles. The minimum Gasteiger partial charge on any atom is -0.314 e. The van der Waals surface area contributed by atoms with E-state index >= 15 is 0 Å². The van der Waals surface area contributed by atoms with Crippen molar-refractivity contribution in [2.45, 2.75) is 64.8 Å². The highest BCUT2D eigenvalue weighted by Crippen LogP contribution is 2.34. The quantitative estimate of drug-likeness (QED) is 0.729. The maximum atomic E-state index is 3.74. The molecule has 0 aromatic heterocycles. The van der Waals surface area contributed by atoms with Crippen molar-refractivity contribution in [3.63, 3.8) is 0 Å². The van der Waals surface area contributed by atoms with Crippen LogP contribution in [-0.4, -0.2) is 12.6 Å². The second-order valence-electron chi connectivity index (χ2n) is 5.99. The fraction of sp³-hybridized carbons (Fsp3) is 1.00. The van der Waals surface area contributed by atoms with Crippen LogP contribution < -0.4 is 5.32 Å². The molecule has 0 aliphatic heterocycles. The summed E-state index contributed by atoms with van der Waals surface area (Å²) in [5.74, 6) is 2.82. The van der Waals surface area contributed by atoms with Crippen LogP contribution in [0.5, 0.6) is 0 Å². The van der Waals surface area contributed by atoms with Gasteiger partial charge < -0.3 is 5.32 Å². The van der Waals surface area contributed by atoms with Crippen molar-refractivity contribution in [1.29, 1.82) is 0 Å². The molecule has 2 fully saturated rings. The predicted molar refractivity (Wildman–Crippen MR) is 65.9 cm³/mol. The van der Waals surface area contributed by atoms with Crippen molar-refractivity contribution in [2.24, 2.45) is 17.8 Å². The summed E-state index contributed by atoms with van der Waals surface area (Å²) in [7, 11) is 0. The van der Waals surface area contributed by atoms with Crippen molar-refractivity contribution in [3.05, 3.63) is 0 Å². The van der Waals surface area contributed by atoms with Crippen molar-refractivity contribution in [1.82, 2.24) is 5.32 Å². The lowest BCUT2D eigenvalue weighted by atomic mass is 9.75. The largest absolute Gasteiger partial charge is 0.314 e. The zero-order chi connectivity index (χ0) is 10.7. The Bertz CT molecular complexity index is 178. The second kappa shape index (κ2) is 5.34. The molecule has 15 heavy (non-hydrogen) atoms. The molecule has 0 amide bonds. The van der Waals surface area contributed by atoms with Crippen LogP contribution in [0.3, 0.4) is 0 Å². The van der Waals surface area contributed by atoms with Crippen molar-refractivity contribution >= 4 is 0 Å². The normalized spacial score (nSPS) is 25.8. The van der Waals surface area contributed by atoms with E-state index in [4.69, 9.17) is 0 Å². The van der Waals surface area contributed by atoms with E-state index in [1.165, 1.54) is 51.5 Å². The minimum absolute atomic E-state index is 0.861. The molecule has 2 saturated carbocycles. The standard InChI is InChI=1S/C14H27N/c1-11(2)14(10-15-13-8-9-13)12-6-4-3-5-7-12/h11-15H,3-10H2,1-2H3. The van der Waals surface area contributed by atoms with Crippen LogP contribution in [0.2, 0.25) is 0 Å². The summed E-state index contributed by atoms with van der Waals surface area (Å²) < 4.78 is 0. The number of rotatable bonds is 5. The van der Waals surface area contributed by atoms with Crippen LogP contribution in [0.1, 0.15) is 58.8 Å². The highest BCUT2D eigenvalue weighted by Gasteiger charge is 2.28. The first-order valence-corrected chi connectivity index (χ1v) is 7.00. The lowest BCUT2D eigenvalue weighted by Gasteiger charge is -2.33. The molecule has 0 spiro atoms. The van der Waals surface area contributed by atoms with E-state index in [1.807, 2.05) is 0 Å². The smallest absolute Gasteiger partial charge is 0.00683 e. The number of hydrogen-bond acceptors (Lipinski definition) is 1. The third kappa shape index (κ3) is 3.48. The second-order valence-corrected chi connectivity index (χ2v) is 5.99. The van der Waals surface area contributed by atoms with Gasteiger partial charge >= 0.3 is 0 Å². The van der Waals surface area contributed by atoms with Gasteiger partial charge in [0.05, 0.1) is 0 Å². The summed E-state index contributed by atoms with van der Waals surface area (Å²) in [4.78, 5) is 0. The van der Waals surface area contributed by atoms with Gasteiger partial charge in [0.25, 0.3) is 0 Å². The Labute approximate surface area is 95.0 Å². The van der Waals surface area contributed by atoms with Gasteiger partial charge in [-0.15, -0.1) is 0 Å². The van der Waals surface area contributed by atoms with Crippen LogP contribution in [0.15, 0.2) is 0 Å². The summed E-state index contributed by atoms with van der Waals surface area (Å²) in [5.41, 5.74) is 0. The van der Waals surface area contributed by atoms with E-state index < -0.39 is 0 Å². The Balaban J connectivity index is 1.79. The van der Waals surface area contributed by atoms with Gasteiger partial charge in [-0.25, -0.2) is 0 Å². The van der Waals surface area contributed by atoms with Gasteiger partial charge in [-0.2, -0.15) is 0 Å². The first-order chi connectivity index (χ1) is 7.27. The fourth-order valence-corrected chi connectivity index (χ4v) is 3.10. The molecule has 2 aliphatic carbocycles. The first kappa shape index (κ1) is 11.4. The Morgan fingerprint density at radius 2 is 1.67 bits per heavy atom. The molecule has 0 aromatic carbocycles. The molecule has 2 rings (SSSR count). The summed E-state index contributed by atoms with van der Waals surface area (Å²) in [6, 6.07) is 0.884. The van der Waals surface area contributed by atoms with Crippen molar-refractivity contribution in [3.8, 4) is 0 Å². The van der Waals surface area contributed by atoms with Crippen LogP contribution in [0, 0.1) is 17.8 Å². The van der Waals surface area contributed by atoms with Gasteiger partial charge in [0, 0.05) is 6.04 Å². The molecule has 88 valence electrons. The zero-order valence-electron chi connectivity index (χ0n) is 10.5. The van der Waals surface area contributed by atoms with Crippen molar-refractivity contribution in [2.75, 3.05) is 6.54 Å². The van der Waals surface area contributed by atoms with Gasteiger partial charge in [-0.05, 0) is 37.1 Å². The molecule has 0 aromatic rings. The van der Waals surface area contributed by atoms with Gasteiger partial charge in [0.2, 0.25) is 0 Å². The highest BCUT2D eigenvalue weighted by molar-refractivity contribution is 4.84. The number of nitrogens with one attached hydrogen (secondary N) is 1. The molecule has 1 nitrogen and oxygen atoms in total. The molecular formula is C14H27N. The Kier molecular flexibility index (Phi) is 4.07. The topological polar surface area (TPSA) is 12.0 Å². The Morgan fingerprint density at radius 1 is 1.00 bits per heavy atom. The van der Waals surface area contributed by atoms with E-state index in [2.05, 4.69) is 19.2 Å². The SMILES string of the molecule is CC(C)C(CNC1CC1)C1CCCCC1. The minimum atomic E-state index is 0.861. The molecule has 1 N–H and O–H groups in total. The average molecular weight is 209 g/mol. The predicted octanol–water partition coefficient (Wildman–Crippen LogP) is 3.59. The summed E-state index contributed by atoms with van der Waals surface area (Å²) >= 11 is 0. The zero-order valence-corrected chi connectivity index (χ0v) is 10.5. The van der Waals surface area contributed by atoms with Crippen LogP contribution in [0.4, 0.5) is 0 Å². The molecule has 0 bridgehead atoms. The molecule has 1 heteroatoms. The molecule has 0 heterocycles. The van der Waals surface area contributed by atoms with Crippen LogP contribution in [-0.2, 0) is 0 Å². The highest BCUT2D eigenvalue weighted by atomic mass is 14.9. The maximum Gasteiger partial charge on any atom is 0.00683 e. The van der Waals surface area contributed by atoms with E-state index in [-0.39, 0.29) is 0 Å². The Morgan fingerprint density at radius 3 is 2.20 bits per heavy atom. The van der Waals surface area contributed by atoms with E-state index in [9.17, 15) is 0 Å². The van der Waals surface area contributed by atoms with Gasteiger partial charge in [-0.1, -0.05) is 46.0 Å². The Hall–Kier alpha value is -0.0400. The van der Waals surface area contributed by atoms with Gasteiger partial charge in [0.15, 0.2) is 0 Å². The van der Waals surface area contributed by atoms with Crippen LogP contribution in [0.25, 0.3) is 0 Å². The van der Waals surface area contributed by atoms with E-state index in [0.717, 1.165) is 23.8 Å². The molecule has 0 radical (unpaired) electrons. The number of hydrogen-bond donors (Lipinski definition) is 1. The van der Waals surface area contributed by atoms with Crippen molar-refractivity contribution < 1.29 is 0 Å². The molecule has 1 atom stereocenters. The molecule has 2 aliphatic rings. The maximum absolute atomic E-state index is 3.74. The summed E-state index contributed by atoms with van der Waals surface area (Å²) in [6.07, 6.45) is 10.3. The summed E-state index contributed by atoms with van der Waals surface area (Å²) in [5, 5.41) is 3.74. The third-order valence-corrected chi connectivity index (χ3v) is 4.33. The third-order valence-electron chi connectivity index (χ3n) is 4.33. The van der Waals surface area contributed by atoms with Gasteiger partial charge in [0.1, 0.15) is 0 Å². The monoisotopic (exact) mass is 209 g/mol. The average Bonchev–Trinajstić information content (AvgIpc) is 3.03. The van der Waals surface area contributed by atoms with Crippen LogP contribution >= 0.6 is 0 Å². The van der Waals surface area contributed by atoms with E-state index in [0.29, 0.717) is 0 Å². The fourth-order valence-electron chi connectivity index (χ4n) is 3.10. The van der Waals surface area contributed by atoms with Gasteiger partial charge in [-0.3, -0.25) is 0 Å². The lowest BCUT2D eigenvalue weighted by Crippen LogP contribution is -2.33. The summed E-state index contributed by atoms with van der Waals surface area (Å²) in [6.45, 7) is 6.11. The molecule has 1 unspecified atom stereocenters. The lowest BCUT2D eigenvalue weighted by molar-refractivity contribution is 0.190. The van der Waals surface area contributed by atoms with E-state index in [1.54, 1.807) is 0 Å². The first-order valence-electron chi connectivity index (χ1n) is 7.00. The molecular weight excluding hydrogens is 182 g/mol.